The lowest BCUT2D eigenvalue weighted by Gasteiger charge is -2.08. The Labute approximate surface area is 133 Å². The molecule has 0 bridgehead atoms. The van der Waals surface area contributed by atoms with Crippen LogP contribution in [0.25, 0.3) is 0 Å². The molecule has 0 heterocycles. The molecule has 0 unspecified atom stereocenters. The quantitative estimate of drug-likeness (QED) is 0.832. The molecular weight excluding hydrogens is 307 g/mol. The van der Waals surface area contributed by atoms with E-state index in [0.717, 1.165) is 0 Å². The van der Waals surface area contributed by atoms with E-state index in [1.165, 1.54) is 0 Å². The van der Waals surface area contributed by atoms with Crippen molar-refractivity contribution in [2.24, 2.45) is 5.73 Å². The third-order valence-corrected chi connectivity index (χ3v) is 3.06. The van der Waals surface area contributed by atoms with Crippen molar-refractivity contribution in [1.29, 1.82) is 0 Å². The van der Waals surface area contributed by atoms with Crippen LogP contribution in [0.3, 0.4) is 0 Å². The number of carbonyl (C=O) groups excluding carboxylic acids is 1. The lowest BCUT2D eigenvalue weighted by molar-refractivity contribution is 0.102. The van der Waals surface area contributed by atoms with E-state index in [9.17, 15) is 4.79 Å². The van der Waals surface area contributed by atoms with Gasteiger partial charge in [-0.3, -0.25) is 4.79 Å². The van der Waals surface area contributed by atoms with E-state index in [1.54, 1.807) is 24.3 Å². The lowest BCUT2D eigenvalue weighted by atomic mass is 10.1. The Morgan fingerprint density at radius 3 is 2.48 bits per heavy atom. The first-order valence-corrected chi connectivity index (χ1v) is 6.91. The molecule has 3 nitrogen and oxygen atoms in total. The molecule has 2 rings (SSSR count). The second-order valence-electron chi connectivity index (χ2n) is 4.16. The number of amides is 1. The van der Waals surface area contributed by atoms with E-state index in [-0.39, 0.29) is 12.5 Å². The van der Waals surface area contributed by atoms with Gasteiger partial charge in [-0.15, -0.1) is 0 Å². The highest BCUT2D eigenvalue weighted by molar-refractivity contribution is 6.35. The summed E-state index contributed by atoms with van der Waals surface area (Å²) in [6, 6.07) is 11.9. The molecule has 0 radical (unpaired) electrons. The van der Waals surface area contributed by atoms with Gasteiger partial charge in [-0.25, -0.2) is 0 Å². The smallest absolute Gasteiger partial charge is 0.255 e. The fourth-order valence-corrected chi connectivity index (χ4v) is 2.25. The molecule has 0 aliphatic rings. The summed E-state index contributed by atoms with van der Waals surface area (Å²) in [5, 5.41) is 3.60. The van der Waals surface area contributed by atoms with E-state index in [1.807, 2.05) is 18.2 Å². The molecule has 0 aliphatic heterocycles. The van der Waals surface area contributed by atoms with Crippen LogP contribution in [0.2, 0.25) is 10.0 Å². The Balaban J connectivity index is 2.27. The van der Waals surface area contributed by atoms with Crippen LogP contribution in [0, 0.1) is 11.8 Å². The summed E-state index contributed by atoms with van der Waals surface area (Å²) < 4.78 is 0. The Bertz CT molecular complexity index is 712. The molecule has 0 atom stereocenters. The van der Waals surface area contributed by atoms with Crippen molar-refractivity contribution >= 4 is 34.8 Å². The van der Waals surface area contributed by atoms with Crippen molar-refractivity contribution < 1.29 is 4.79 Å². The normalized spacial score (nSPS) is 9.67. The zero-order valence-electron chi connectivity index (χ0n) is 11.0. The van der Waals surface area contributed by atoms with Crippen molar-refractivity contribution in [2.75, 3.05) is 11.9 Å². The van der Waals surface area contributed by atoms with Crippen LogP contribution in [-0.4, -0.2) is 12.5 Å². The highest BCUT2D eigenvalue weighted by Crippen LogP contribution is 2.21. The number of rotatable bonds is 2. The molecule has 0 saturated heterocycles. The predicted molar refractivity (Wildman–Crippen MR) is 86.8 cm³/mol. The molecule has 3 N–H and O–H groups in total. The van der Waals surface area contributed by atoms with Crippen LogP contribution in [0.5, 0.6) is 0 Å². The summed E-state index contributed by atoms with van der Waals surface area (Å²) in [5.41, 5.74) is 7.05. The van der Waals surface area contributed by atoms with Gasteiger partial charge in [0.2, 0.25) is 0 Å². The first-order valence-electron chi connectivity index (χ1n) is 6.15. The highest BCUT2D eigenvalue weighted by atomic mass is 35.5. The molecular formula is C16H12Cl2N2O. The maximum atomic E-state index is 12.2. The standard InChI is InChI=1S/C16H12Cl2N2O/c17-13-8-12(9-14(18)10-13)16(21)20-15-6-2-1-4-11(15)5-3-7-19/h1-2,4,6,8-10H,7,19H2,(H,20,21). The average molecular weight is 319 g/mol. The fourth-order valence-electron chi connectivity index (χ4n) is 1.73. The topological polar surface area (TPSA) is 55.1 Å². The maximum Gasteiger partial charge on any atom is 0.255 e. The predicted octanol–water partition coefficient (Wildman–Crippen LogP) is 3.56. The zero-order chi connectivity index (χ0) is 15.2. The number of nitrogens with two attached hydrogens (primary N) is 1. The van der Waals surface area contributed by atoms with Gasteiger partial charge < -0.3 is 11.1 Å². The highest BCUT2D eigenvalue weighted by Gasteiger charge is 2.10. The second kappa shape index (κ2) is 7.14. The minimum Gasteiger partial charge on any atom is -0.321 e. The van der Waals surface area contributed by atoms with Gasteiger partial charge in [-0.2, -0.15) is 0 Å². The number of hydrogen-bond acceptors (Lipinski definition) is 2. The number of anilines is 1. The lowest BCUT2D eigenvalue weighted by Crippen LogP contribution is -2.12. The van der Waals surface area contributed by atoms with Crippen molar-refractivity contribution in [3.8, 4) is 11.8 Å². The number of benzene rings is 2. The summed E-state index contributed by atoms with van der Waals surface area (Å²) in [6.07, 6.45) is 0. The molecule has 0 aliphatic carbocycles. The first kappa shape index (κ1) is 15.4. The van der Waals surface area contributed by atoms with Crippen LogP contribution in [-0.2, 0) is 0 Å². The third kappa shape index (κ3) is 4.24. The summed E-state index contributed by atoms with van der Waals surface area (Å²) in [6.45, 7) is 0.256. The zero-order valence-corrected chi connectivity index (χ0v) is 12.5. The maximum absolute atomic E-state index is 12.2. The van der Waals surface area contributed by atoms with Crippen molar-refractivity contribution in [2.45, 2.75) is 0 Å². The van der Waals surface area contributed by atoms with Crippen LogP contribution >= 0.6 is 23.2 Å². The monoisotopic (exact) mass is 318 g/mol. The number of halogens is 2. The van der Waals surface area contributed by atoms with Gasteiger partial charge in [0.1, 0.15) is 0 Å². The van der Waals surface area contributed by atoms with Crippen LogP contribution in [0.4, 0.5) is 5.69 Å². The Kier molecular flexibility index (Phi) is 5.24. The molecule has 0 spiro atoms. The van der Waals surface area contributed by atoms with Gasteiger partial charge in [0.15, 0.2) is 0 Å². The number of carbonyl (C=O) groups is 1. The summed E-state index contributed by atoms with van der Waals surface area (Å²) in [4.78, 5) is 12.2. The molecule has 21 heavy (non-hydrogen) atoms. The van der Waals surface area contributed by atoms with Gasteiger partial charge >= 0.3 is 0 Å². The summed E-state index contributed by atoms with van der Waals surface area (Å²) >= 11 is 11.8. The van der Waals surface area contributed by atoms with Crippen LogP contribution in [0.1, 0.15) is 15.9 Å². The van der Waals surface area contributed by atoms with Crippen LogP contribution in [0.15, 0.2) is 42.5 Å². The van der Waals surface area contributed by atoms with Gasteiger partial charge in [0.05, 0.1) is 12.2 Å². The molecule has 2 aromatic carbocycles. The van der Waals surface area contributed by atoms with Crippen molar-refractivity contribution in [1.82, 2.24) is 0 Å². The molecule has 1 amide bonds. The van der Waals surface area contributed by atoms with Gasteiger partial charge in [-0.05, 0) is 30.3 Å². The molecule has 0 aromatic heterocycles. The van der Waals surface area contributed by atoms with Crippen molar-refractivity contribution in [3.05, 3.63) is 63.6 Å². The molecule has 2 aromatic rings. The minimum atomic E-state index is -0.304. The molecule has 0 saturated carbocycles. The van der Waals surface area contributed by atoms with Crippen LogP contribution < -0.4 is 11.1 Å². The minimum absolute atomic E-state index is 0.256. The average Bonchev–Trinajstić information content (AvgIpc) is 2.45. The van der Waals surface area contributed by atoms with E-state index >= 15 is 0 Å². The molecule has 106 valence electrons. The van der Waals surface area contributed by atoms with Gasteiger partial charge in [0.25, 0.3) is 5.91 Å². The largest absolute Gasteiger partial charge is 0.321 e. The van der Waals surface area contributed by atoms with Crippen molar-refractivity contribution in [3.63, 3.8) is 0 Å². The number of nitrogens with one attached hydrogen (secondary N) is 1. The second-order valence-corrected chi connectivity index (χ2v) is 5.04. The van der Waals surface area contributed by atoms with E-state index in [2.05, 4.69) is 17.2 Å². The molecule has 0 fully saturated rings. The van der Waals surface area contributed by atoms with E-state index in [4.69, 9.17) is 28.9 Å². The van der Waals surface area contributed by atoms with E-state index < -0.39 is 0 Å². The van der Waals surface area contributed by atoms with Gasteiger partial charge in [-0.1, -0.05) is 47.2 Å². The summed E-state index contributed by atoms with van der Waals surface area (Å²) in [7, 11) is 0. The first-order chi connectivity index (χ1) is 10.1. The summed E-state index contributed by atoms with van der Waals surface area (Å²) in [5.74, 6) is 5.37. The fraction of sp³-hybridized carbons (Fsp3) is 0.0625. The Hall–Kier alpha value is -1.99. The Morgan fingerprint density at radius 1 is 1.14 bits per heavy atom. The third-order valence-electron chi connectivity index (χ3n) is 2.63. The van der Waals surface area contributed by atoms with E-state index in [0.29, 0.717) is 26.9 Å². The Morgan fingerprint density at radius 2 is 1.81 bits per heavy atom. The number of hydrogen-bond donors (Lipinski definition) is 2. The SMILES string of the molecule is NCC#Cc1ccccc1NC(=O)c1cc(Cl)cc(Cl)c1. The molecule has 5 heteroatoms. The van der Waals surface area contributed by atoms with Gasteiger partial charge in [0, 0.05) is 21.2 Å². The number of para-hydroxylation sites is 1.